The van der Waals surface area contributed by atoms with Gasteiger partial charge in [-0.05, 0) is 22.9 Å². The van der Waals surface area contributed by atoms with E-state index in [4.69, 9.17) is 4.74 Å². The zero-order valence-electron chi connectivity index (χ0n) is 9.86. The maximum Gasteiger partial charge on any atom is 0.267 e. The zero-order chi connectivity index (χ0) is 12.3. The highest BCUT2D eigenvalue weighted by Gasteiger charge is 2.11. The fraction of sp³-hybridized carbons (Fsp3) is 0.636. The first-order valence-electron chi connectivity index (χ1n) is 5.70. The van der Waals surface area contributed by atoms with Crippen molar-refractivity contribution in [2.75, 3.05) is 32.8 Å². The van der Waals surface area contributed by atoms with Crippen LogP contribution in [-0.4, -0.2) is 47.3 Å². The number of halogens is 1. The Balaban J connectivity index is 2.03. The molecule has 5 nitrogen and oxygen atoms in total. The van der Waals surface area contributed by atoms with E-state index in [0.29, 0.717) is 11.0 Å². The van der Waals surface area contributed by atoms with Crippen molar-refractivity contribution in [2.24, 2.45) is 0 Å². The molecule has 1 aliphatic rings. The van der Waals surface area contributed by atoms with Crippen molar-refractivity contribution in [1.82, 2.24) is 14.5 Å². The molecular formula is C11H16BrN3O2. The van der Waals surface area contributed by atoms with Crippen LogP contribution in [0.3, 0.4) is 0 Å². The third kappa shape index (κ3) is 3.14. The summed E-state index contributed by atoms with van der Waals surface area (Å²) in [5.74, 6) is 0.756. The molecule has 0 aliphatic carbocycles. The molecular weight excluding hydrogens is 286 g/mol. The molecule has 0 spiro atoms. The summed E-state index contributed by atoms with van der Waals surface area (Å²) in [4.78, 5) is 18.4. The van der Waals surface area contributed by atoms with Gasteiger partial charge < -0.3 is 4.74 Å². The average Bonchev–Trinajstić information content (AvgIpc) is 2.35. The molecule has 0 bridgehead atoms. The van der Waals surface area contributed by atoms with Gasteiger partial charge in [0.1, 0.15) is 10.3 Å². The minimum absolute atomic E-state index is 0.00856. The summed E-state index contributed by atoms with van der Waals surface area (Å²) in [5.41, 5.74) is -0.00856. The maximum absolute atomic E-state index is 11.9. The van der Waals surface area contributed by atoms with Crippen LogP contribution in [0.15, 0.2) is 15.5 Å². The molecule has 6 heteroatoms. The minimum atomic E-state index is -0.00856. The van der Waals surface area contributed by atoms with E-state index < -0.39 is 0 Å². The molecule has 0 saturated carbocycles. The molecule has 1 aliphatic heterocycles. The van der Waals surface area contributed by atoms with Gasteiger partial charge in [0.2, 0.25) is 0 Å². The van der Waals surface area contributed by atoms with Gasteiger partial charge in [0.05, 0.1) is 13.2 Å². The fourth-order valence-corrected chi connectivity index (χ4v) is 2.20. The highest BCUT2D eigenvalue weighted by atomic mass is 79.9. The van der Waals surface area contributed by atoms with Crippen LogP contribution in [0, 0.1) is 6.92 Å². The number of rotatable bonds is 3. The van der Waals surface area contributed by atoms with Crippen LogP contribution in [0.5, 0.6) is 0 Å². The molecule has 17 heavy (non-hydrogen) atoms. The van der Waals surface area contributed by atoms with Gasteiger partial charge in [-0.2, -0.15) is 0 Å². The second kappa shape index (κ2) is 5.75. The summed E-state index contributed by atoms with van der Waals surface area (Å²) in [7, 11) is 0. The lowest BCUT2D eigenvalue weighted by Crippen LogP contribution is -2.39. The first kappa shape index (κ1) is 12.7. The quantitative estimate of drug-likeness (QED) is 0.822. The lowest BCUT2D eigenvalue weighted by molar-refractivity contribution is 0.0361. The standard InChI is InChI=1S/C11H16BrN3O2/c1-9-13-8-10(12)11(16)15(9)3-2-14-4-6-17-7-5-14/h8H,2-7H2,1H3. The van der Waals surface area contributed by atoms with Crippen LogP contribution in [0.25, 0.3) is 0 Å². The molecule has 94 valence electrons. The molecule has 1 saturated heterocycles. The van der Waals surface area contributed by atoms with Gasteiger partial charge in [-0.25, -0.2) is 4.98 Å². The van der Waals surface area contributed by atoms with Crippen LogP contribution in [0.1, 0.15) is 5.82 Å². The van der Waals surface area contributed by atoms with E-state index in [0.717, 1.165) is 38.7 Å². The van der Waals surface area contributed by atoms with Crippen molar-refractivity contribution in [3.63, 3.8) is 0 Å². The van der Waals surface area contributed by atoms with Gasteiger partial charge in [-0.1, -0.05) is 0 Å². The second-order valence-electron chi connectivity index (χ2n) is 4.06. The van der Waals surface area contributed by atoms with Gasteiger partial charge >= 0.3 is 0 Å². The highest BCUT2D eigenvalue weighted by Crippen LogP contribution is 2.02. The lowest BCUT2D eigenvalue weighted by Gasteiger charge is -2.26. The highest BCUT2D eigenvalue weighted by molar-refractivity contribution is 9.10. The largest absolute Gasteiger partial charge is 0.379 e. The van der Waals surface area contributed by atoms with Crippen molar-refractivity contribution in [2.45, 2.75) is 13.5 Å². The number of aryl methyl sites for hydroxylation is 1. The van der Waals surface area contributed by atoms with Crippen LogP contribution >= 0.6 is 15.9 Å². The monoisotopic (exact) mass is 301 g/mol. The Labute approximate surface area is 109 Å². The van der Waals surface area contributed by atoms with Gasteiger partial charge in [0, 0.05) is 32.4 Å². The third-order valence-electron chi connectivity index (χ3n) is 2.95. The van der Waals surface area contributed by atoms with Crippen molar-refractivity contribution >= 4 is 15.9 Å². The number of ether oxygens (including phenoxy) is 1. The smallest absolute Gasteiger partial charge is 0.267 e. The summed E-state index contributed by atoms with van der Waals surface area (Å²) in [5, 5.41) is 0. The van der Waals surface area contributed by atoms with Crippen molar-refractivity contribution in [3.8, 4) is 0 Å². The first-order chi connectivity index (χ1) is 8.18. The van der Waals surface area contributed by atoms with Crippen molar-refractivity contribution in [3.05, 3.63) is 26.8 Å². The number of hydrogen-bond acceptors (Lipinski definition) is 4. The number of aromatic nitrogens is 2. The molecule has 1 aromatic heterocycles. The van der Waals surface area contributed by atoms with E-state index in [2.05, 4.69) is 25.8 Å². The van der Waals surface area contributed by atoms with Gasteiger partial charge in [0.15, 0.2) is 0 Å². The van der Waals surface area contributed by atoms with Crippen LogP contribution in [0.4, 0.5) is 0 Å². The van der Waals surface area contributed by atoms with E-state index in [-0.39, 0.29) is 5.56 Å². The van der Waals surface area contributed by atoms with Gasteiger partial charge in [-0.3, -0.25) is 14.3 Å². The molecule has 2 heterocycles. The third-order valence-corrected chi connectivity index (χ3v) is 3.49. The molecule has 0 amide bonds. The van der Waals surface area contributed by atoms with E-state index in [1.54, 1.807) is 10.8 Å². The van der Waals surface area contributed by atoms with Gasteiger partial charge in [0.25, 0.3) is 5.56 Å². The topological polar surface area (TPSA) is 47.4 Å². The summed E-state index contributed by atoms with van der Waals surface area (Å²) in [6.07, 6.45) is 1.56. The molecule has 0 N–H and O–H groups in total. The normalized spacial score (nSPS) is 17.3. The Bertz CT molecular complexity index is 441. The predicted octanol–water partition coefficient (Wildman–Crippen LogP) is 0.646. The van der Waals surface area contributed by atoms with E-state index in [1.807, 2.05) is 6.92 Å². The summed E-state index contributed by atoms with van der Waals surface area (Å²) in [6.45, 7) is 6.84. The fourth-order valence-electron chi connectivity index (χ4n) is 1.88. The first-order valence-corrected chi connectivity index (χ1v) is 6.50. The minimum Gasteiger partial charge on any atom is -0.379 e. The number of hydrogen-bond donors (Lipinski definition) is 0. The van der Waals surface area contributed by atoms with E-state index in [9.17, 15) is 4.79 Å². The maximum atomic E-state index is 11.9. The molecule has 2 rings (SSSR count). The molecule has 0 atom stereocenters. The summed E-state index contributed by atoms with van der Waals surface area (Å²) >= 11 is 3.22. The summed E-state index contributed by atoms with van der Waals surface area (Å²) < 4.78 is 7.51. The Hall–Kier alpha value is -0.720. The van der Waals surface area contributed by atoms with Crippen molar-refractivity contribution < 1.29 is 4.74 Å². The summed E-state index contributed by atoms with van der Waals surface area (Å²) in [6, 6.07) is 0. The Morgan fingerprint density at radius 3 is 2.82 bits per heavy atom. The molecule has 1 fully saturated rings. The van der Waals surface area contributed by atoms with Crippen molar-refractivity contribution in [1.29, 1.82) is 0 Å². The average molecular weight is 302 g/mol. The second-order valence-corrected chi connectivity index (χ2v) is 4.92. The van der Waals surface area contributed by atoms with Crippen LogP contribution in [0.2, 0.25) is 0 Å². The Morgan fingerprint density at radius 1 is 1.41 bits per heavy atom. The zero-order valence-corrected chi connectivity index (χ0v) is 11.4. The van der Waals surface area contributed by atoms with E-state index >= 15 is 0 Å². The number of nitrogens with zero attached hydrogens (tertiary/aromatic N) is 3. The molecule has 0 radical (unpaired) electrons. The molecule has 0 unspecified atom stereocenters. The SMILES string of the molecule is Cc1ncc(Br)c(=O)n1CCN1CCOCC1. The van der Waals surface area contributed by atoms with Crippen LogP contribution < -0.4 is 5.56 Å². The van der Waals surface area contributed by atoms with E-state index in [1.165, 1.54) is 0 Å². The predicted molar refractivity (Wildman–Crippen MR) is 68.2 cm³/mol. The Morgan fingerprint density at radius 2 is 2.12 bits per heavy atom. The lowest BCUT2D eigenvalue weighted by atomic mass is 10.4. The van der Waals surface area contributed by atoms with Gasteiger partial charge in [-0.15, -0.1) is 0 Å². The molecule has 1 aromatic rings. The molecule has 0 aromatic carbocycles. The number of morpholine rings is 1. The van der Waals surface area contributed by atoms with Crippen LogP contribution in [-0.2, 0) is 11.3 Å². The Kier molecular flexibility index (Phi) is 4.31.